The molecule has 0 saturated carbocycles. The van der Waals surface area contributed by atoms with Crippen LogP contribution < -0.4 is 5.32 Å². The zero-order chi connectivity index (χ0) is 24.8. The molecule has 1 aliphatic heterocycles. The van der Waals surface area contributed by atoms with E-state index in [0.29, 0.717) is 42.7 Å². The molecule has 2 amide bonds. The molecule has 2 heterocycles. The van der Waals surface area contributed by atoms with Crippen LogP contribution in [0.4, 0.5) is 11.6 Å². The van der Waals surface area contributed by atoms with E-state index in [9.17, 15) is 9.59 Å². The minimum absolute atomic E-state index is 0.0467. The Bertz CT molecular complexity index is 1160. The summed E-state index contributed by atoms with van der Waals surface area (Å²) < 4.78 is 0. The first-order valence-corrected chi connectivity index (χ1v) is 12.4. The Labute approximate surface area is 211 Å². The molecule has 182 valence electrons. The first-order valence-electron chi connectivity index (χ1n) is 12.0. The number of nitrogens with zero attached hydrogens (tertiary/aromatic N) is 4. The lowest BCUT2D eigenvalue weighted by atomic mass is 9.95. The van der Waals surface area contributed by atoms with Gasteiger partial charge in [-0.15, -0.1) is 0 Å². The number of aromatic nitrogens is 2. The first kappa shape index (κ1) is 24.7. The van der Waals surface area contributed by atoms with Crippen molar-refractivity contribution in [1.29, 1.82) is 0 Å². The van der Waals surface area contributed by atoms with Crippen LogP contribution in [0, 0.1) is 5.92 Å². The van der Waals surface area contributed by atoms with Gasteiger partial charge in [-0.2, -0.15) is 0 Å². The molecule has 35 heavy (non-hydrogen) atoms. The third kappa shape index (κ3) is 5.98. The molecule has 0 radical (unpaired) electrons. The van der Waals surface area contributed by atoms with Crippen molar-refractivity contribution >= 4 is 35.1 Å². The maximum absolute atomic E-state index is 13.1. The molecule has 1 fully saturated rings. The fraction of sp³-hybridized carbons (Fsp3) is 0.333. The fourth-order valence-corrected chi connectivity index (χ4v) is 4.49. The predicted molar refractivity (Wildman–Crippen MR) is 139 cm³/mol. The average molecular weight is 492 g/mol. The third-order valence-corrected chi connectivity index (χ3v) is 6.57. The highest BCUT2D eigenvalue weighted by Gasteiger charge is 2.30. The summed E-state index contributed by atoms with van der Waals surface area (Å²) in [5.41, 5.74) is 3.11. The van der Waals surface area contributed by atoms with Crippen molar-refractivity contribution in [3.8, 4) is 11.3 Å². The Hall–Kier alpha value is -3.45. The van der Waals surface area contributed by atoms with Gasteiger partial charge in [-0.3, -0.25) is 9.59 Å². The van der Waals surface area contributed by atoms with Crippen molar-refractivity contribution in [3.05, 3.63) is 71.4 Å². The standard InChI is InChI=1S/C27H30ClN5O2/c1-3-32(4-2)26(35)21-6-5-17-33(18-21)25(34)20-9-13-23(14-10-20)30-27-29-16-15-24(31-27)19-7-11-22(28)12-8-19/h7-16,21H,3-6,17-18H2,1-2H3,(H,29,30,31). The lowest BCUT2D eigenvalue weighted by molar-refractivity contribution is -0.136. The molecular weight excluding hydrogens is 462 g/mol. The number of anilines is 2. The number of benzene rings is 2. The van der Waals surface area contributed by atoms with Gasteiger partial charge < -0.3 is 15.1 Å². The van der Waals surface area contributed by atoms with Gasteiger partial charge in [0, 0.05) is 54.2 Å². The minimum atomic E-state index is -0.126. The summed E-state index contributed by atoms with van der Waals surface area (Å²) in [6.07, 6.45) is 3.37. The zero-order valence-corrected chi connectivity index (χ0v) is 20.8. The highest BCUT2D eigenvalue weighted by atomic mass is 35.5. The van der Waals surface area contributed by atoms with Crippen molar-refractivity contribution in [2.24, 2.45) is 5.92 Å². The number of halogens is 1. The molecule has 3 aromatic rings. The summed E-state index contributed by atoms with van der Waals surface area (Å²) in [7, 11) is 0. The van der Waals surface area contributed by atoms with E-state index >= 15 is 0 Å². The van der Waals surface area contributed by atoms with Crippen LogP contribution in [0.2, 0.25) is 5.02 Å². The van der Waals surface area contributed by atoms with Gasteiger partial charge in [0.25, 0.3) is 5.91 Å². The molecule has 0 spiro atoms. The highest BCUT2D eigenvalue weighted by Crippen LogP contribution is 2.23. The van der Waals surface area contributed by atoms with Gasteiger partial charge in [0.1, 0.15) is 0 Å². The van der Waals surface area contributed by atoms with Crippen LogP contribution in [0.3, 0.4) is 0 Å². The molecule has 7 nitrogen and oxygen atoms in total. The molecule has 1 aromatic heterocycles. The summed E-state index contributed by atoms with van der Waals surface area (Å²) in [6, 6.07) is 16.6. The van der Waals surface area contributed by atoms with E-state index in [1.807, 2.05) is 61.2 Å². The summed E-state index contributed by atoms with van der Waals surface area (Å²) in [5.74, 6) is 0.436. The summed E-state index contributed by atoms with van der Waals surface area (Å²) in [6.45, 7) is 6.51. The third-order valence-electron chi connectivity index (χ3n) is 6.32. The van der Waals surface area contributed by atoms with Crippen LogP contribution in [0.15, 0.2) is 60.8 Å². The minimum Gasteiger partial charge on any atom is -0.343 e. The number of hydrogen-bond donors (Lipinski definition) is 1. The van der Waals surface area contributed by atoms with E-state index in [-0.39, 0.29) is 17.7 Å². The molecular formula is C27H30ClN5O2. The lowest BCUT2D eigenvalue weighted by Gasteiger charge is -2.34. The number of amides is 2. The normalized spacial score (nSPS) is 15.5. The Balaban J connectivity index is 1.41. The maximum atomic E-state index is 13.1. The van der Waals surface area contributed by atoms with Crippen molar-refractivity contribution in [2.75, 3.05) is 31.5 Å². The van der Waals surface area contributed by atoms with E-state index in [1.165, 1.54) is 0 Å². The van der Waals surface area contributed by atoms with Crippen molar-refractivity contribution in [1.82, 2.24) is 19.8 Å². The topological polar surface area (TPSA) is 78.4 Å². The Kier molecular flexibility index (Phi) is 7.98. The average Bonchev–Trinajstić information content (AvgIpc) is 2.90. The molecule has 1 atom stereocenters. The molecule has 8 heteroatoms. The number of carbonyl (C=O) groups excluding carboxylic acids is 2. The quantitative estimate of drug-likeness (QED) is 0.487. The van der Waals surface area contributed by atoms with Crippen molar-refractivity contribution < 1.29 is 9.59 Å². The van der Waals surface area contributed by atoms with Crippen LogP contribution in [0.5, 0.6) is 0 Å². The molecule has 0 bridgehead atoms. The maximum Gasteiger partial charge on any atom is 0.253 e. The van der Waals surface area contributed by atoms with Crippen LogP contribution in [-0.4, -0.2) is 57.8 Å². The van der Waals surface area contributed by atoms with Crippen LogP contribution in [0.25, 0.3) is 11.3 Å². The molecule has 0 aliphatic carbocycles. The number of piperidine rings is 1. The number of likely N-dealkylation sites (tertiary alicyclic amines) is 1. The Morgan fingerprint density at radius 3 is 2.46 bits per heavy atom. The molecule has 4 rings (SSSR count). The molecule has 1 saturated heterocycles. The molecule has 1 N–H and O–H groups in total. The van der Waals surface area contributed by atoms with Crippen molar-refractivity contribution in [3.63, 3.8) is 0 Å². The van der Waals surface area contributed by atoms with Gasteiger partial charge in [0.15, 0.2) is 0 Å². The monoisotopic (exact) mass is 491 g/mol. The number of nitrogens with one attached hydrogen (secondary N) is 1. The zero-order valence-electron chi connectivity index (χ0n) is 20.1. The number of rotatable bonds is 7. The van der Waals surface area contributed by atoms with Gasteiger partial charge in [-0.25, -0.2) is 9.97 Å². The lowest BCUT2D eigenvalue weighted by Crippen LogP contribution is -2.46. The van der Waals surface area contributed by atoms with E-state index in [0.717, 1.165) is 29.8 Å². The largest absolute Gasteiger partial charge is 0.343 e. The highest BCUT2D eigenvalue weighted by molar-refractivity contribution is 6.30. The van der Waals surface area contributed by atoms with E-state index in [1.54, 1.807) is 23.2 Å². The van der Waals surface area contributed by atoms with Crippen LogP contribution in [0.1, 0.15) is 37.0 Å². The summed E-state index contributed by atoms with van der Waals surface area (Å²) in [4.78, 5) is 38.4. The second-order valence-corrected chi connectivity index (χ2v) is 9.01. The van der Waals surface area contributed by atoms with Gasteiger partial charge in [-0.05, 0) is 69.2 Å². The van der Waals surface area contributed by atoms with Crippen molar-refractivity contribution in [2.45, 2.75) is 26.7 Å². The summed E-state index contributed by atoms with van der Waals surface area (Å²) in [5, 5.41) is 3.87. The second kappa shape index (κ2) is 11.3. The van der Waals surface area contributed by atoms with Crippen LogP contribution in [-0.2, 0) is 4.79 Å². The van der Waals surface area contributed by atoms with Gasteiger partial charge in [0.05, 0.1) is 11.6 Å². The van der Waals surface area contributed by atoms with E-state index in [2.05, 4.69) is 15.3 Å². The number of hydrogen-bond acceptors (Lipinski definition) is 5. The second-order valence-electron chi connectivity index (χ2n) is 8.58. The van der Waals surface area contributed by atoms with E-state index in [4.69, 9.17) is 11.6 Å². The number of carbonyl (C=O) groups is 2. The summed E-state index contributed by atoms with van der Waals surface area (Å²) >= 11 is 5.98. The molecule has 1 aliphatic rings. The van der Waals surface area contributed by atoms with Gasteiger partial charge in [-0.1, -0.05) is 23.7 Å². The van der Waals surface area contributed by atoms with Gasteiger partial charge in [0.2, 0.25) is 11.9 Å². The fourth-order valence-electron chi connectivity index (χ4n) is 4.36. The predicted octanol–water partition coefficient (Wildman–Crippen LogP) is 5.26. The first-order chi connectivity index (χ1) is 17.0. The Morgan fingerprint density at radius 1 is 1.06 bits per heavy atom. The molecule has 1 unspecified atom stereocenters. The van der Waals surface area contributed by atoms with E-state index < -0.39 is 0 Å². The Morgan fingerprint density at radius 2 is 1.77 bits per heavy atom. The smallest absolute Gasteiger partial charge is 0.253 e. The van der Waals surface area contributed by atoms with Gasteiger partial charge >= 0.3 is 0 Å². The molecule has 2 aromatic carbocycles. The van der Waals surface area contributed by atoms with Crippen LogP contribution >= 0.6 is 11.6 Å². The SMILES string of the molecule is CCN(CC)C(=O)C1CCCN(C(=O)c2ccc(Nc3nccc(-c4ccc(Cl)cc4)n3)cc2)C1.